The zero-order valence-corrected chi connectivity index (χ0v) is 14.6. The first kappa shape index (κ1) is 18.0. The van der Waals surface area contributed by atoms with Crippen molar-refractivity contribution in [1.82, 2.24) is 0 Å². The molecule has 0 saturated heterocycles. The van der Waals surface area contributed by atoms with Gasteiger partial charge in [0, 0.05) is 0 Å². The van der Waals surface area contributed by atoms with Crippen molar-refractivity contribution in [3.8, 4) is 0 Å². The lowest BCUT2D eigenvalue weighted by atomic mass is 9.45. The average molecular weight is 255 g/mol. The maximum absolute atomic E-state index is 2.51. The SMILES string of the molecule is CCCC(C)(C)C(CC)(C(C)C)C(C)(C)CCC. The van der Waals surface area contributed by atoms with Crippen LogP contribution in [0.5, 0.6) is 0 Å². The molecule has 0 saturated carbocycles. The monoisotopic (exact) mass is 254 g/mol. The lowest BCUT2D eigenvalue weighted by Crippen LogP contribution is -2.52. The highest BCUT2D eigenvalue weighted by Crippen LogP contribution is 2.61. The summed E-state index contributed by atoms with van der Waals surface area (Å²) < 4.78 is 0. The van der Waals surface area contributed by atoms with E-state index in [9.17, 15) is 0 Å². The van der Waals surface area contributed by atoms with Crippen molar-refractivity contribution in [3.63, 3.8) is 0 Å². The van der Waals surface area contributed by atoms with Gasteiger partial charge in [-0.25, -0.2) is 0 Å². The Morgan fingerprint density at radius 2 is 1.06 bits per heavy atom. The summed E-state index contributed by atoms with van der Waals surface area (Å²) in [4.78, 5) is 0. The highest BCUT2D eigenvalue weighted by Gasteiger charge is 2.53. The van der Waals surface area contributed by atoms with E-state index in [1.165, 1.54) is 32.1 Å². The Balaban J connectivity index is 5.70. The normalized spacial score (nSPS) is 14.3. The molecule has 0 rings (SSSR count). The number of hydrogen-bond donors (Lipinski definition) is 0. The van der Waals surface area contributed by atoms with Crippen LogP contribution in [0.4, 0.5) is 0 Å². The smallest absolute Gasteiger partial charge is 0.0175 e. The maximum atomic E-state index is 2.51. The molecular weight excluding hydrogens is 216 g/mol. The van der Waals surface area contributed by atoms with E-state index >= 15 is 0 Å². The number of rotatable bonds is 8. The van der Waals surface area contributed by atoms with Crippen molar-refractivity contribution in [1.29, 1.82) is 0 Å². The molecule has 0 fully saturated rings. The quantitative estimate of drug-likeness (QED) is 0.452. The Hall–Kier alpha value is 0. The fourth-order valence-electron chi connectivity index (χ4n) is 5.54. The second-order valence-electron chi connectivity index (χ2n) is 7.75. The van der Waals surface area contributed by atoms with E-state index in [0.29, 0.717) is 16.2 Å². The fraction of sp³-hybridized carbons (Fsp3) is 1.00. The molecule has 0 heterocycles. The van der Waals surface area contributed by atoms with Crippen LogP contribution in [0, 0.1) is 22.2 Å². The molecule has 0 radical (unpaired) electrons. The molecule has 0 bridgehead atoms. The molecule has 0 aromatic heterocycles. The molecule has 0 nitrogen and oxygen atoms in total. The van der Waals surface area contributed by atoms with E-state index in [1.807, 2.05) is 0 Å². The van der Waals surface area contributed by atoms with Crippen LogP contribution in [0.3, 0.4) is 0 Å². The van der Waals surface area contributed by atoms with Crippen molar-refractivity contribution < 1.29 is 0 Å². The van der Waals surface area contributed by atoms with Crippen LogP contribution >= 0.6 is 0 Å². The topological polar surface area (TPSA) is 0 Å². The molecule has 110 valence electrons. The summed E-state index contributed by atoms with van der Waals surface area (Å²) in [6.07, 6.45) is 6.57. The van der Waals surface area contributed by atoms with Crippen molar-refractivity contribution >= 4 is 0 Å². The zero-order valence-electron chi connectivity index (χ0n) is 14.6. The van der Waals surface area contributed by atoms with Crippen LogP contribution in [0.2, 0.25) is 0 Å². The fourth-order valence-corrected chi connectivity index (χ4v) is 5.54. The Labute approximate surface area is 117 Å². The van der Waals surface area contributed by atoms with Gasteiger partial charge < -0.3 is 0 Å². The average Bonchev–Trinajstić information content (AvgIpc) is 2.16. The van der Waals surface area contributed by atoms with E-state index in [0.717, 1.165) is 5.92 Å². The third-order valence-electron chi connectivity index (χ3n) is 5.71. The van der Waals surface area contributed by atoms with Gasteiger partial charge >= 0.3 is 0 Å². The van der Waals surface area contributed by atoms with Crippen LogP contribution in [-0.4, -0.2) is 0 Å². The lowest BCUT2D eigenvalue weighted by molar-refractivity contribution is -0.105. The third-order valence-corrected chi connectivity index (χ3v) is 5.71. The summed E-state index contributed by atoms with van der Waals surface area (Å²) in [6.45, 7) is 22.0. The summed E-state index contributed by atoms with van der Waals surface area (Å²) >= 11 is 0. The van der Waals surface area contributed by atoms with Gasteiger partial charge in [0.25, 0.3) is 0 Å². The van der Waals surface area contributed by atoms with Crippen LogP contribution in [0.1, 0.15) is 94.4 Å². The van der Waals surface area contributed by atoms with Gasteiger partial charge in [0.1, 0.15) is 0 Å². The van der Waals surface area contributed by atoms with Gasteiger partial charge in [-0.3, -0.25) is 0 Å². The Bertz CT molecular complexity index is 214. The van der Waals surface area contributed by atoms with Gasteiger partial charge in [-0.15, -0.1) is 0 Å². The van der Waals surface area contributed by atoms with Crippen LogP contribution in [0.15, 0.2) is 0 Å². The van der Waals surface area contributed by atoms with Crippen LogP contribution in [0.25, 0.3) is 0 Å². The molecule has 0 amide bonds. The lowest BCUT2D eigenvalue weighted by Gasteiger charge is -2.59. The van der Waals surface area contributed by atoms with Gasteiger partial charge in [0.2, 0.25) is 0 Å². The predicted octanol–water partition coefficient (Wildman–Crippen LogP) is 6.69. The molecule has 0 heteroatoms. The maximum Gasteiger partial charge on any atom is -0.0175 e. The molecule has 0 aliphatic heterocycles. The summed E-state index contributed by atoms with van der Waals surface area (Å²) in [6, 6.07) is 0. The molecule has 0 aromatic rings. The molecular formula is C18H38. The second kappa shape index (κ2) is 6.44. The third kappa shape index (κ3) is 2.94. The minimum absolute atomic E-state index is 0.420. The molecule has 18 heavy (non-hydrogen) atoms. The number of hydrogen-bond acceptors (Lipinski definition) is 0. The van der Waals surface area contributed by atoms with E-state index in [-0.39, 0.29) is 0 Å². The first-order valence-corrected chi connectivity index (χ1v) is 8.13. The second-order valence-corrected chi connectivity index (χ2v) is 7.75. The Morgan fingerprint density at radius 3 is 1.22 bits per heavy atom. The molecule has 0 aromatic carbocycles. The molecule has 0 atom stereocenters. The van der Waals surface area contributed by atoms with Crippen molar-refractivity contribution in [2.75, 3.05) is 0 Å². The minimum Gasteiger partial charge on any atom is -0.0654 e. The summed E-state index contributed by atoms with van der Waals surface area (Å²) in [5.74, 6) is 0.741. The van der Waals surface area contributed by atoms with E-state index in [4.69, 9.17) is 0 Å². The van der Waals surface area contributed by atoms with Gasteiger partial charge in [0.15, 0.2) is 0 Å². The summed E-state index contributed by atoms with van der Waals surface area (Å²) in [7, 11) is 0. The van der Waals surface area contributed by atoms with Crippen LogP contribution in [-0.2, 0) is 0 Å². The van der Waals surface area contributed by atoms with Crippen molar-refractivity contribution in [2.24, 2.45) is 22.2 Å². The first-order valence-electron chi connectivity index (χ1n) is 8.13. The van der Waals surface area contributed by atoms with E-state index < -0.39 is 0 Å². The van der Waals surface area contributed by atoms with Crippen molar-refractivity contribution in [2.45, 2.75) is 94.4 Å². The molecule has 0 aliphatic rings. The van der Waals surface area contributed by atoms with E-state index in [1.54, 1.807) is 0 Å². The largest absolute Gasteiger partial charge is 0.0654 e. The molecule has 0 unspecified atom stereocenters. The van der Waals surface area contributed by atoms with E-state index in [2.05, 4.69) is 62.3 Å². The molecule has 0 N–H and O–H groups in total. The predicted molar refractivity (Wildman–Crippen MR) is 84.9 cm³/mol. The molecule has 0 spiro atoms. The summed E-state index contributed by atoms with van der Waals surface area (Å²) in [5.41, 5.74) is 1.28. The Morgan fingerprint density at radius 1 is 0.722 bits per heavy atom. The van der Waals surface area contributed by atoms with Gasteiger partial charge in [-0.2, -0.15) is 0 Å². The molecule has 0 aliphatic carbocycles. The van der Waals surface area contributed by atoms with Gasteiger partial charge in [-0.1, -0.05) is 75.2 Å². The Kier molecular flexibility index (Phi) is 6.44. The van der Waals surface area contributed by atoms with Gasteiger partial charge in [-0.05, 0) is 41.4 Å². The minimum atomic E-state index is 0.420. The standard InChI is InChI=1S/C18H38/c1-10-13-16(6,7)18(12-3,15(4)5)17(8,9)14-11-2/h15H,10-14H2,1-9H3. The zero-order chi connectivity index (χ0) is 14.6. The van der Waals surface area contributed by atoms with Gasteiger partial charge in [0.05, 0.1) is 0 Å². The summed E-state index contributed by atoms with van der Waals surface area (Å²) in [5, 5.41) is 0. The van der Waals surface area contributed by atoms with Crippen molar-refractivity contribution in [3.05, 3.63) is 0 Å². The highest BCUT2D eigenvalue weighted by molar-refractivity contribution is 5.02. The van der Waals surface area contributed by atoms with Crippen LogP contribution < -0.4 is 0 Å². The first-order chi connectivity index (χ1) is 8.13. The highest BCUT2D eigenvalue weighted by atomic mass is 14.6.